The monoisotopic (exact) mass is 110 g/mol. The van der Waals surface area contributed by atoms with Gasteiger partial charge in [-0.25, -0.2) is 5.84 Å². The highest BCUT2D eigenvalue weighted by atomic mass is 15.4. The van der Waals surface area contributed by atoms with E-state index in [0.717, 1.165) is 5.70 Å². The Morgan fingerprint density at radius 1 is 1.75 bits per heavy atom. The predicted molar refractivity (Wildman–Crippen MR) is 32.6 cm³/mol. The molecule has 1 aliphatic heterocycles. The molecule has 3 heteroatoms. The number of hydrogen-bond acceptors (Lipinski definition) is 3. The van der Waals surface area contributed by atoms with Crippen LogP contribution in [0.4, 0.5) is 0 Å². The summed E-state index contributed by atoms with van der Waals surface area (Å²) in [6.07, 6.45) is 3.41. The van der Waals surface area contributed by atoms with E-state index in [2.05, 4.69) is 4.99 Å². The fourth-order valence-corrected chi connectivity index (χ4v) is 0.520. The third-order valence-electron chi connectivity index (χ3n) is 0.853. The molecule has 0 amide bonds. The van der Waals surface area contributed by atoms with Crippen molar-refractivity contribution >= 4 is 6.21 Å². The summed E-state index contributed by atoms with van der Waals surface area (Å²) >= 11 is 0. The fraction of sp³-hybridized carbons (Fsp3) is 0.200. The van der Waals surface area contributed by atoms with E-state index in [-0.39, 0.29) is 0 Å². The zero-order chi connectivity index (χ0) is 5.98. The van der Waals surface area contributed by atoms with Gasteiger partial charge in [-0.05, 0) is 6.92 Å². The zero-order valence-electron chi connectivity index (χ0n) is 4.70. The van der Waals surface area contributed by atoms with Crippen LogP contribution >= 0.6 is 0 Å². The van der Waals surface area contributed by atoms with Gasteiger partial charge in [-0.1, -0.05) is 0 Å². The second kappa shape index (κ2) is 1.96. The van der Waals surface area contributed by atoms with Crippen LogP contribution in [0.5, 0.6) is 0 Å². The molecule has 0 aliphatic carbocycles. The van der Waals surface area contributed by atoms with Crippen LogP contribution in [0, 0.1) is 6.54 Å². The molecule has 0 fully saturated rings. The number of aliphatic imine (C=N–C) groups is 1. The van der Waals surface area contributed by atoms with Crippen molar-refractivity contribution in [1.29, 1.82) is 0 Å². The van der Waals surface area contributed by atoms with Gasteiger partial charge in [-0.15, -0.1) is 0 Å². The van der Waals surface area contributed by atoms with Gasteiger partial charge in [-0.2, -0.15) is 0 Å². The van der Waals surface area contributed by atoms with Gasteiger partial charge in [0.05, 0.1) is 5.70 Å². The second-order valence-electron chi connectivity index (χ2n) is 1.64. The van der Waals surface area contributed by atoms with E-state index >= 15 is 0 Å². The van der Waals surface area contributed by atoms with Gasteiger partial charge in [0.25, 0.3) is 0 Å². The van der Waals surface area contributed by atoms with Crippen LogP contribution in [0.2, 0.25) is 0 Å². The number of nitrogens with two attached hydrogens (primary N) is 1. The number of allylic oxidation sites excluding steroid dienone is 1. The van der Waals surface area contributed by atoms with Crippen LogP contribution in [0.3, 0.4) is 0 Å². The molecule has 1 aliphatic rings. The van der Waals surface area contributed by atoms with E-state index < -0.39 is 0 Å². The van der Waals surface area contributed by atoms with Gasteiger partial charge in [-0.3, -0.25) is 4.99 Å². The molecule has 0 aromatic carbocycles. The molecular formula is C5H8N3. The van der Waals surface area contributed by atoms with Crippen molar-refractivity contribution < 1.29 is 0 Å². The lowest BCUT2D eigenvalue weighted by atomic mass is 10.5. The number of hydrogen-bond donors (Lipinski definition) is 1. The van der Waals surface area contributed by atoms with E-state index in [1.54, 1.807) is 19.0 Å². The van der Waals surface area contributed by atoms with Crippen LogP contribution < -0.4 is 5.84 Å². The standard InChI is InChI=1S/C5H8N3/c1-5-4-8(6)3-2-7-5/h2-4H,6H2,1H3. The highest BCUT2D eigenvalue weighted by Crippen LogP contribution is 2.00. The predicted octanol–water partition coefficient (Wildman–Crippen LogP) is 0.270. The molecule has 0 bridgehead atoms. The van der Waals surface area contributed by atoms with Gasteiger partial charge in [0.1, 0.15) is 6.54 Å². The Hall–Kier alpha value is -0.830. The molecule has 0 saturated carbocycles. The summed E-state index contributed by atoms with van der Waals surface area (Å²) in [4.78, 5) is 3.94. The molecule has 0 spiro atoms. The van der Waals surface area contributed by atoms with Crippen LogP contribution in [0.1, 0.15) is 6.92 Å². The minimum atomic E-state index is 0.926. The van der Waals surface area contributed by atoms with Gasteiger partial charge in [0.15, 0.2) is 0 Å². The normalized spacial score (nSPS) is 18.8. The van der Waals surface area contributed by atoms with Crippen LogP contribution in [0.25, 0.3) is 0 Å². The first-order valence-corrected chi connectivity index (χ1v) is 2.38. The highest BCUT2D eigenvalue weighted by Gasteiger charge is 1.95. The average molecular weight is 110 g/mol. The summed E-state index contributed by atoms with van der Waals surface area (Å²) < 4.78 is 0. The molecule has 1 heterocycles. The number of hydrazine groups is 1. The van der Waals surface area contributed by atoms with Gasteiger partial charge in [0, 0.05) is 12.4 Å². The van der Waals surface area contributed by atoms with E-state index in [9.17, 15) is 0 Å². The Balaban J connectivity index is 2.63. The largest absolute Gasteiger partial charge is 0.306 e. The summed E-state index contributed by atoms with van der Waals surface area (Å²) in [6.45, 7) is 3.58. The highest BCUT2D eigenvalue weighted by molar-refractivity contribution is 5.69. The summed E-state index contributed by atoms with van der Waals surface area (Å²) in [5, 5.41) is 1.47. The van der Waals surface area contributed by atoms with Crippen molar-refractivity contribution in [2.75, 3.05) is 0 Å². The minimum Gasteiger partial charge on any atom is -0.306 e. The molecule has 0 atom stereocenters. The maximum absolute atomic E-state index is 5.34. The topological polar surface area (TPSA) is 41.6 Å². The molecule has 43 valence electrons. The molecule has 1 radical (unpaired) electrons. The van der Waals surface area contributed by atoms with Crippen LogP contribution in [0.15, 0.2) is 16.9 Å². The molecule has 0 aromatic rings. The minimum absolute atomic E-state index is 0.926. The summed E-state index contributed by atoms with van der Waals surface area (Å²) in [7, 11) is 0. The Morgan fingerprint density at radius 2 is 2.50 bits per heavy atom. The molecule has 0 saturated heterocycles. The Morgan fingerprint density at radius 3 is 2.88 bits per heavy atom. The molecule has 0 aromatic heterocycles. The summed E-state index contributed by atoms with van der Waals surface area (Å²) in [6, 6.07) is 0. The smallest absolute Gasteiger partial charge is 0.107 e. The number of nitrogens with zero attached hydrogens (tertiary/aromatic N) is 2. The van der Waals surface area contributed by atoms with Gasteiger partial charge in [0.2, 0.25) is 0 Å². The first kappa shape index (κ1) is 5.31. The lowest BCUT2D eigenvalue weighted by Crippen LogP contribution is -2.24. The third kappa shape index (κ3) is 1.07. The van der Waals surface area contributed by atoms with Crippen molar-refractivity contribution in [3.05, 3.63) is 18.4 Å². The van der Waals surface area contributed by atoms with Crippen molar-refractivity contribution in [3.8, 4) is 0 Å². The second-order valence-corrected chi connectivity index (χ2v) is 1.64. The molecule has 1 rings (SSSR count). The SMILES string of the molecule is CC1=CN(N)[CH]C=N1. The lowest BCUT2D eigenvalue weighted by molar-refractivity contribution is 0.501. The van der Waals surface area contributed by atoms with Crippen molar-refractivity contribution in [3.63, 3.8) is 0 Å². The maximum atomic E-state index is 5.34. The molecule has 2 N–H and O–H groups in total. The van der Waals surface area contributed by atoms with Crippen LogP contribution in [-0.4, -0.2) is 11.2 Å². The van der Waals surface area contributed by atoms with Crippen molar-refractivity contribution in [2.24, 2.45) is 10.8 Å². The Bertz CT molecular complexity index is 137. The maximum Gasteiger partial charge on any atom is 0.107 e. The molecular weight excluding hydrogens is 102 g/mol. The van der Waals surface area contributed by atoms with E-state index in [1.807, 2.05) is 6.92 Å². The zero-order valence-corrected chi connectivity index (χ0v) is 4.70. The van der Waals surface area contributed by atoms with E-state index in [4.69, 9.17) is 5.84 Å². The quantitative estimate of drug-likeness (QED) is 0.455. The number of rotatable bonds is 0. The first-order chi connectivity index (χ1) is 3.79. The van der Waals surface area contributed by atoms with Crippen LogP contribution in [-0.2, 0) is 0 Å². The Labute approximate surface area is 48.5 Å². The molecule has 8 heavy (non-hydrogen) atoms. The van der Waals surface area contributed by atoms with Crippen molar-refractivity contribution in [1.82, 2.24) is 5.01 Å². The lowest BCUT2D eigenvalue weighted by Gasteiger charge is -2.12. The molecule has 3 nitrogen and oxygen atoms in total. The van der Waals surface area contributed by atoms with Gasteiger partial charge >= 0.3 is 0 Å². The van der Waals surface area contributed by atoms with Gasteiger partial charge < -0.3 is 5.01 Å². The average Bonchev–Trinajstić information content (AvgIpc) is 1.64. The Kier molecular flexibility index (Phi) is 1.30. The third-order valence-corrected chi connectivity index (χ3v) is 0.853. The fourth-order valence-electron chi connectivity index (χ4n) is 0.520. The van der Waals surface area contributed by atoms with E-state index in [1.165, 1.54) is 5.01 Å². The van der Waals surface area contributed by atoms with Crippen molar-refractivity contribution in [2.45, 2.75) is 6.92 Å². The summed E-state index contributed by atoms with van der Waals surface area (Å²) in [5.41, 5.74) is 0.926. The first-order valence-electron chi connectivity index (χ1n) is 2.38. The summed E-state index contributed by atoms with van der Waals surface area (Å²) in [5.74, 6) is 5.34. The molecule has 0 unspecified atom stereocenters. The van der Waals surface area contributed by atoms with E-state index in [0.29, 0.717) is 0 Å².